The molecule has 7 heteroatoms. The average Bonchev–Trinajstić information content (AvgIpc) is 2.43. The van der Waals surface area contributed by atoms with Crippen molar-refractivity contribution in [3.63, 3.8) is 0 Å². The zero-order valence-corrected chi connectivity index (χ0v) is 15.1. The molecule has 1 aromatic rings. The second kappa shape index (κ2) is 8.10. The first-order chi connectivity index (χ1) is 10.7. The largest absolute Gasteiger partial charge is 0.464 e. The summed E-state index contributed by atoms with van der Waals surface area (Å²) < 4.78 is 10.5. The maximum Gasteiger partial charge on any atom is 0.408 e. The lowest BCUT2D eigenvalue weighted by molar-refractivity contribution is -0.144. The van der Waals surface area contributed by atoms with Gasteiger partial charge in [-0.25, -0.2) is 9.59 Å². The summed E-state index contributed by atoms with van der Waals surface area (Å²) in [5.74, 6) is -1.42. The fourth-order valence-corrected chi connectivity index (χ4v) is 2.18. The minimum atomic E-state index is -1.47. The van der Waals surface area contributed by atoms with Gasteiger partial charge in [-0.3, -0.25) is 4.79 Å². The number of amides is 1. The number of nitrogens with one attached hydrogen (secondary N) is 1. The molecular weight excluding hydrogens is 366 g/mol. The number of halogens is 1. The molecule has 0 bridgehead atoms. The van der Waals surface area contributed by atoms with E-state index >= 15 is 0 Å². The van der Waals surface area contributed by atoms with Crippen LogP contribution in [-0.4, -0.2) is 36.1 Å². The number of esters is 1. The Bertz CT molecular complexity index is 594. The highest BCUT2D eigenvalue weighted by molar-refractivity contribution is 9.10. The molecule has 1 atom stereocenters. The Morgan fingerprint density at radius 1 is 1.22 bits per heavy atom. The van der Waals surface area contributed by atoms with Gasteiger partial charge in [-0.15, -0.1) is 0 Å². The third-order valence-corrected chi connectivity index (χ3v) is 3.28. The topological polar surface area (TPSA) is 81.7 Å². The van der Waals surface area contributed by atoms with Crippen LogP contribution in [0.5, 0.6) is 0 Å². The predicted molar refractivity (Wildman–Crippen MR) is 88.3 cm³/mol. The Morgan fingerprint density at radius 3 is 2.35 bits per heavy atom. The highest BCUT2D eigenvalue weighted by Crippen LogP contribution is 2.18. The van der Waals surface area contributed by atoms with Crippen LogP contribution in [0.4, 0.5) is 4.79 Å². The van der Waals surface area contributed by atoms with Crippen molar-refractivity contribution in [1.82, 2.24) is 5.32 Å². The Kier molecular flexibility index (Phi) is 6.75. The summed E-state index contributed by atoms with van der Waals surface area (Å²) >= 11 is 3.25. The molecule has 0 aromatic heterocycles. The van der Waals surface area contributed by atoms with Crippen molar-refractivity contribution >= 4 is 33.8 Å². The molecule has 1 N–H and O–H groups in total. The van der Waals surface area contributed by atoms with Crippen LogP contribution in [0.2, 0.25) is 0 Å². The van der Waals surface area contributed by atoms with Gasteiger partial charge in [0.25, 0.3) is 0 Å². The Hall–Kier alpha value is -1.89. The molecule has 126 valence electrons. The standard InChI is InChI=1S/C16H20BrNO5/c1-5-22-14(20)12(18-15(21)23-16(2,3)4)13(19)10-8-6-7-9-11(10)17/h6-9,12H,5H2,1-4H3,(H,18,21). The fraction of sp³-hybridized carbons (Fsp3) is 0.438. The zero-order chi connectivity index (χ0) is 17.6. The van der Waals surface area contributed by atoms with E-state index in [1.165, 1.54) is 0 Å². The van der Waals surface area contributed by atoms with Crippen LogP contribution in [0, 0.1) is 0 Å². The van der Waals surface area contributed by atoms with Gasteiger partial charge in [0.15, 0.2) is 11.8 Å². The highest BCUT2D eigenvalue weighted by Gasteiger charge is 2.33. The van der Waals surface area contributed by atoms with Crippen LogP contribution in [0.1, 0.15) is 38.1 Å². The number of alkyl carbamates (subject to hydrolysis) is 1. The van der Waals surface area contributed by atoms with Crippen molar-refractivity contribution in [3.05, 3.63) is 34.3 Å². The van der Waals surface area contributed by atoms with Crippen LogP contribution >= 0.6 is 15.9 Å². The monoisotopic (exact) mass is 385 g/mol. The summed E-state index contributed by atoms with van der Waals surface area (Å²) in [6, 6.07) is 5.15. The summed E-state index contributed by atoms with van der Waals surface area (Å²) in [7, 11) is 0. The molecule has 6 nitrogen and oxygen atoms in total. The van der Waals surface area contributed by atoms with E-state index in [4.69, 9.17) is 9.47 Å². The van der Waals surface area contributed by atoms with E-state index in [9.17, 15) is 14.4 Å². The molecule has 0 heterocycles. The first kappa shape index (κ1) is 19.2. The second-order valence-electron chi connectivity index (χ2n) is 5.68. The molecule has 0 aliphatic carbocycles. The van der Waals surface area contributed by atoms with E-state index in [1.54, 1.807) is 52.0 Å². The normalized spacial score (nSPS) is 12.2. The molecule has 0 spiro atoms. The third kappa shape index (κ3) is 6.02. The van der Waals surface area contributed by atoms with Crippen LogP contribution in [0.25, 0.3) is 0 Å². The van der Waals surface area contributed by atoms with Crippen LogP contribution in [-0.2, 0) is 14.3 Å². The second-order valence-corrected chi connectivity index (χ2v) is 6.53. The average molecular weight is 386 g/mol. The number of Topliss-reactive ketones (excluding diaryl/α,β-unsaturated/α-hetero) is 1. The summed E-state index contributed by atoms with van der Waals surface area (Å²) in [5, 5.41) is 2.28. The van der Waals surface area contributed by atoms with Gasteiger partial charge in [0.1, 0.15) is 5.60 Å². The Morgan fingerprint density at radius 2 is 1.83 bits per heavy atom. The summed E-state index contributed by atoms with van der Waals surface area (Å²) in [6.45, 7) is 6.75. The smallest absolute Gasteiger partial charge is 0.408 e. The van der Waals surface area contributed by atoms with Gasteiger partial charge in [-0.2, -0.15) is 0 Å². The molecule has 0 radical (unpaired) electrons. The number of carbonyl (C=O) groups is 3. The SMILES string of the molecule is CCOC(=O)C(NC(=O)OC(C)(C)C)C(=O)c1ccccc1Br. The number of rotatable bonds is 5. The van der Waals surface area contributed by atoms with Gasteiger partial charge in [0, 0.05) is 10.0 Å². The van der Waals surface area contributed by atoms with Gasteiger partial charge in [0.05, 0.1) is 6.61 Å². The van der Waals surface area contributed by atoms with E-state index < -0.39 is 29.5 Å². The van der Waals surface area contributed by atoms with Gasteiger partial charge >= 0.3 is 12.1 Å². The molecule has 0 saturated heterocycles. The molecule has 0 aliphatic heterocycles. The number of ether oxygens (including phenoxy) is 2. The van der Waals surface area contributed by atoms with E-state index in [2.05, 4.69) is 21.2 Å². The minimum absolute atomic E-state index is 0.0918. The van der Waals surface area contributed by atoms with Crippen molar-refractivity contribution in [2.45, 2.75) is 39.3 Å². The van der Waals surface area contributed by atoms with Gasteiger partial charge in [-0.05, 0) is 33.8 Å². The van der Waals surface area contributed by atoms with Crippen LogP contribution in [0.15, 0.2) is 28.7 Å². The number of hydrogen-bond acceptors (Lipinski definition) is 5. The molecule has 1 aromatic carbocycles. The predicted octanol–water partition coefficient (Wildman–Crippen LogP) is 3.09. The van der Waals surface area contributed by atoms with E-state index in [0.29, 0.717) is 4.47 Å². The fourth-order valence-electron chi connectivity index (χ4n) is 1.70. The molecule has 1 rings (SSSR count). The molecule has 0 fully saturated rings. The number of benzene rings is 1. The molecule has 0 saturated carbocycles. The summed E-state index contributed by atoms with van der Waals surface area (Å²) in [4.78, 5) is 36.5. The molecule has 23 heavy (non-hydrogen) atoms. The quantitative estimate of drug-likeness (QED) is 0.478. The summed E-state index contributed by atoms with van der Waals surface area (Å²) in [6.07, 6.45) is -0.865. The van der Waals surface area contributed by atoms with Gasteiger partial charge in [0.2, 0.25) is 0 Å². The van der Waals surface area contributed by atoms with Crippen molar-refractivity contribution < 1.29 is 23.9 Å². The third-order valence-electron chi connectivity index (χ3n) is 2.58. The van der Waals surface area contributed by atoms with Crippen molar-refractivity contribution in [1.29, 1.82) is 0 Å². The van der Waals surface area contributed by atoms with Gasteiger partial charge < -0.3 is 14.8 Å². The minimum Gasteiger partial charge on any atom is -0.464 e. The lowest BCUT2D eigenvalue weighted by Gasteiger charge is -2.22. The molecule has 1 unspecified atom stereocenters. The molecular formula is C16H20BrNO5. The Labute approximate surface area is 143 Å². The lowest BCUT2D eigenvalue weighted by Crippen LogP contribution is -2.49. The maximum absolute atomic E-state index is 12.6. The van der Waals surface area contributed by atoms with E-state index in [1.807, 2.05) is 0 Å². The van der Waals surface area contributed by atoms with Crippen molar-refractivity contribution in [2.24, 2.45) is 0 Å². The number of hydrogen-bond donors (Lipinski definition) is 1. The Balaban J connectivity index is 3.01. The molecule has 0 aliphatic rings. The van der Waals surface area contributed by atoms with Crippen LogP contribution in [0.3, 0.4) is 0 Å². The van der Waals surface area contributed by atoms with E-state index in [0.717, 1.165) is 0 Å². The van der Waals surface area contributed by atoms with E-state index in [-0.39, 0.29) is 12.2 Å². The van der Waals surface area contributed by atoms with Crippen molar-refractivity contribution in [2.75, 3.05) is 6.61 Å². The van der Waals surface area contributed by atoms with Crippen LogP contribution < -0.4 is 5.32 Å². The summed E-state index contributed by atoms with van der Waals surface area (Å²) in [5.41, 5.74) is -0.485. The first-order valence-electron chi connectivity index (χ1n) is 7.10. The molecule has 1 amide bonds. The van der Waals surface area contributed by atoms with Gasteiger partial charge in [-0.1, -0.05) is 34.1 Å². The zero-order valence-electron chi connectivity index (χ0n) is 13.5. The highest BCUT2D eigenvalue weighted by atomic mass is 79.9. The number of carbonyl (C=O) groups excluding carboxylic acids is 3. The maximum atomic E-state index is 12.6. The lowest BCUT2D eigenvalue weighted by atomic mass is 10.0. The number of ketones is 1. The van der Waals surface area contributed by atoms with Crippen molar-refractivity contribution in [3.8, 4) is 0 Å². The first-order valence-corrected chi connectivity index (χ1v) is 7.90.